The fourth-order valence-corrected chi connectivity index (χ4v) is 3.99. The highest BCUT2D eigenvalue weighted by Crippen LogP contribution is 2.15. The molecule has 2 aliphatic heterocycles. The van der Waals surface area contributed by atoms with Crippen molar-refractivity contribution in [2.75, 3.05) is 39.3 Å². The van der Waals surface area contributed by atoms with Crippen molar-refractivity contribution < 1.29 is 9.59 Å². The van der Waals surface area contributed by atoms with Gasteiger partial charge in [0, 0.05) is 69.3 Å². The molecule has 9 heteroatoms. The van der Waals surface area contributed by atoms with E-state index >= 15 is 0 Å². The highest BCUT2D eigenvalue weighted by atomic mass is 32.1. The van der Waals surface area contributed by atoms with E-state index in [4.69, 9.17) is 0 Å². The fraction of sp³-hybridized carbons (Fsp3) is 0.556. The number of carbonyl (C=O) groups is 2. The molecule has 1 aromatic rings. The summed E-state index contributed by atoms with van der Waals surface area (Å²) in [5, 5.41) is 8.05. The molecular weight excluding hydrogens is 364 g/mol. The monoisotopic (exact) mass is 390 g/mol. The smallest absolute Gasteiger partial charge is 0.339 e. The minimum absolute atomic E-state index is 0.0396. The third-order valence-corrected chi connectivity index (χ3v) is 5.64. The number of urea groups is 1. The molecule has 0 bridgehead atoms. The molecule has 2 saturated heterocycles. The van der Waals surface area contributed by atoms with Crippen LogP contribution in [0.5, 0.6) is 0 Å². The second kappa shape index (κ2) is 9.09. The van der Waals surface area contributed by atoms with Crippen LogP contribution in [0.15, 0.2) is 28.5 Å². The fourth-order valence-electron chi connectivity index (χ4n) is 3.33. The molecule has 1 aromatic heterocycles. The van der Waals surface area contributed by atoms with Crippen molar-refractivity contribution in [1.29, 1.82) is 0 Å². The number of nitrogens with zero attached hydrogens (tertiary/aromatic N) is 6. The van der Waals surface area contributed by atoms with Crippen LogP contribution >= 0.6 is 11.3 Å². The van der Waals surface area contributed by atoms with Gasteiger partial charge < -0.3 is 9.80 Å². The Morgan fingerprint density at radius 2 is 1.93 bits per heavy atom. The van der Waals surface area contributed by atoms with Gasteiger partial charge in [0.25, 0.3) is 5.91 Å². The predicted octanol–water partition coefficient (Wildman–Crippen LogP) is 1.82. The van der Waals surface area contributed by atoms with Gasteiger partial charge in [-0.15, -0.1) is 11.3 Å². The van der Waals surface area contributed by atoms with Crippen molar-refractivity contribution in [2.45, 2.75) is 26.3 Å². The first-order valence-electron chi connectivity index (χ1n) is 9.21. The van der Waals surface area contributed by atoms with E-state index in [1.165, 1.54) is 11.2 Å². The Balaban J connectivity index is 1.54. The van der Waals surface area contributed by atoms with Crippen LogP contribution in [0.1, 0.15) is 24.8 Å². The van der Waals surface area contributed by atoms with E-state index in [2.05, 4.69) is 21.7 Å². The highest BCUT2D eigenvalue weighted by Gasteiger charge is 2.26. The number of carbonyl (C=O) groups excluding carboxylic acids is 2. The molecule has 0 aliphatic carbocycles. The minimum Gasteiger partial charge on any atom is -0.339 e. The van der Waals surface area contributed by atoms with Gasteiger partial charge in [-0.2, -0.15) is 10.1 Å². The molecule has 0 N–H and O–H groups in total. The lowest BCUT2D eigenvalue weighted by molar-refractivity contribution is -0.126. The standard InChI is InChI=1S/C18H26N6O2S/c1-15(17(25)22-6-3-4-7-22)13-24(19-2)18(26)23-10-8-21(9-11-23)14-16-20-5-12-27-16/h5,12-13H,2-4,6-11,14H2,1H3/b15-13+. The van der Waals surface area contributed by atoms with Gasteiger partial charge in [0.15, 0.2) is 0 Å². The Labute approximate surface area is 163 Å². The largest absolute Gasteiger partial charge is 0.344 e. The van der Waals surface area contributed by atoms with Crippen LogP contribution < -0.4 is 0 Å². The van der Waals surface area contributed by atoms with Crippen LogP contribution in [0.4, 0.5) is 4.79 Å². The second-order valence-electron chi connectivity index (χ2n) is 6.77. The van der Waals surface area contributed by atoms with E-state index in [-0.39, 0.29) is 11.9 Å². The van der Waals surface area contributed by atoms with Crippen molar-refractivity contribution >= 4 is 30.0 Å². The number of hydrazone groups is 1. The Hall–Kier alpha value is -2.26. The first kappa shape index (κ1) is 19.5. The highest BCUT2D eigenvalue weighted by molar-refractivity contribution is 7.09. The number of likely N-dealkylation sites (tertiary alicyclic amines) is 1. The van der Waals surface area contributed by atoms with Crippen molar-refractivity contribution in [3.8, 4) is 0 Å². The number of hydrogen-bond acceptors (Lipinski definition) is 6. The molecule has 146 valence electrons. The average Bonchev–Trinajstić information content (AvgIpc) is 3.39. The number of amides is 3. The number of thiazole rings is 1. The van der Waals surface area contributed by atoms with Crippen molar-refractivity contribution in [3.63, 3.8) is 0 Å². The van der Waals surface area contributed by atoms with Crippen LogP contribution in [0.25, 0.3) is 0 Å². The zero-order valence-corrected chi connectivity index (χ0v) is 16.5. The number of piperazine rings is 1. The zero-order chi connectivity index (χ0) is 19.2. The summed E-state index contributed by atoms with van der Waals surface area (Å²) >= 11 is 1.64. The molecule has 2 aliphatic rings. The van der Waals surface area contributed by atoms with Crippen LogP contribution in [0, 0.1) is 0 Å². The Bertz CT molecular complexity index is 691. The summed E-state index contributed by atoms with van der Waals surface area (Å²) in [7, 11) is 0. The summed E-state index contributed by atoms with van der Waals surface area (Å²) in [6, 6.07) is -0.243. The Morgan fingerprint density at radius 1 is 1.22 bits per heavy atom. The van der Waals surface area contributed by atoms with E-state index in [0.29, 0.717) is 18.7 Å². The van der Waals surface area contributed by atoms with E-state index in [1.54, 1.807) is 23.2 Å². The molecule has 0 radical (unpaired) electrons. The maximum absolute atomic E-state index is 12.8. The summed E-state index contributed by atoms with van der Waals surface area (Å²) in [5.41, 5.74) is 0.500. The molecule has 3 amide bonds. The molecule has 27 heavy (non-hydrogen) atoms. The van der Waals surface area contributed by atoms with Crippen molar-refractivity contribution in [1.82, 2.24) is 24.7 Å². The summed E-state index contributed by atoms with van der Waals surface area (Å²) in [5.74, 6) is -0.0396. The first-order chi connectivity index (χ1) is 13.1. The molecule has 0 saturated carbocycles. The van der Waals surface area contributed by atoms with Crippen LogP contribution in [-0.2, 0) is 11.3 Å². The molecular formula is C18H26N6O2S. The van der Waals surface area contributed by atoms with Crippen molar-refractivity contribution in [3.05, 3.63) is 28.4 Å². The van der Waals surface area contributed by atoms with Gasteiger partial charge in [0.1, 0.15) is 5.01 Å². The molecule has 0 unspecified atom stereocenters. The Morgan fingerprint density at radius 3 is 2.52 bits per heavy atom. The average molecular weight is 391 g/mol. The van der Waals surface area contributed by atoms with E-state index in [1.807, 2.05) is 16.5 Å². The molecule has 2 fully saturated rings. The predicted molar refractivity (Wildman–Crippen MR) is 105 cm³/mol. The quantitative estimate of drug-likeness (QED) is 0.437. The van der Waals surface area contributed by atoms with E-state index < -0.39 is 0 Å². The third kappa shape index (κ3) is 4.92. The van der Waals surface area contributed by atoms with Crippen LogP contribution in [0.3, 0.4) is 0 Å². The van der Waals surface area contributed by atoms with Gasteiger partial charge in [-0.3, -0.25) is 9.69 Å². The number of rotatable bonds is 5. The maximum Gasteiger partial charge on any atom is 0.344 e. The lowest BCUT2D eigenvalue weighted by Gasteiger charge is -2.35. The summed E-state index contributed by atoms with van der Waals surface area (Å²) < 4.78 is 0. The molecule has 3 rings (SSSR count). The number of hydrogen-bond donors (Lipinski definition) is 0. The summed E-state index contributed by atoms with van der Waals surface area (Å²) in [6.07, 6.45) is 5.38. The van der Waals surface area contributed by atoms with Crippen LogP contribution in [-0.4, -0.2) is 82.6 Å². The number of aromatic nitrogens is 1. The van der Waals surface area contributed by atoms with Gasteiger partial charge in [0.2, 0.25) is 0 Å². The first-order valence-corrected chi connectivity index (χ1v) is 10.1. The SMILES string of the molecule is C=NN(/C=C(\C)C(=O)N1CCCC1)C(=O)N1CCN(Cc2nccs2)CC1. The second-order valence-corrected chi connectivity index (χ2v) is 7.75. The minimum atomic E-state index is -0.243. The molecule has 3 heterocycles. The zero-order valence-electron chi connectivity index (χ0n) is 15.7. The Kier molecular flexibility index (Phi) is 6.57. The van der Waals surface area contributed by atoms with Gasteiger partial charge in [0.05, 0.1) is 6.54 Å². The molecule has 8 nitrogen and oxygen atoms in total. The van der Waals surface area contributed by atoms with E-state index in [9.17, 15) is 9.59 Å². The molecule has 0 spiro atoms. The summed E-state index contributed by atoms with van der Waals surface area (Å²) in [6.45, 7) is 10.4. The van der Waals surface area contributed by atoms with E-state index in [0.717, 1.165) is 50.6 Å². The lowest BCUT2D eigenvalue weighted by atomic mass is 10.3. The molecule has 0 aromatic carbocycles. The molecule has 0 atom stereocenters. The lowest BCUT2D eigenvalue weighted by Crippen LogP contribution is -2.50. The van der Waals surface area contributed by atoms with Crippen molar-refractivity contribution in [2.24, 2.45) is 5.10 Å². The van der Waals surface area contributed by atoms with Gasteiger partial charge in [-0.1, -0.05) is 0 Å². The van der Waals surface area contributed by atoms with Gasteiger partial charge >= 0.3 is 6.03 Å². The normalized spacial score (nSPS) is 18.6. The topological polar surface area (TPSA) is 72.4 Å². The van der Waals surface area contributed by atoms with Crippen LogP contribution in [0.2, 0.25) is 0 Å². The third-order valence-electron chi connectivity index (χ3n) is 4.88. The maximum atomic E-state index is 12.8. The van der Waals surface area contributed by atoms with Gasteiger partial charge in [-0.05, 0) is 19.8 Å². The summed E-state index contributed by atoms with van der Waals surface area (Å²) in [4.78, 5) is 35.3. The van der Waals surface area contributed by atoms with Gasteiger partial charge in [-0.25, -0.2) is 9.78 Å².